The molecule has 0 bridgehead atoms. The fourth-order valence-corrected chi connectivity index (χ4v) is 2.57. The van der Waals surface area contributed by atoms with Gasteiger partial charge in [-0.05, 0) is 48.7 Å². The lowest BCUT2D eigenvalue weighted by Gasteiger charge is -2.12. The Labute approximate surface area is 120 Å². The Morgan fingerprint density at radius 3 is 2.40 bits per heavy atom. The molecule has 2 aromatic rings. The highest BCUT2D eigenvalue weighted by atomic mass is 31.0. The second kappa shape index (κ2) is 6.15. The normalized spacial score (nSPS) is 10.4. The monoisotopic (exact) mass is 290 g/mol. The van der Waals surface area contributed by atoms with Crippen molar-refractivity contribution in [3.8, 4) is 5.75 Å². The van der Waals surface area contributed by atoms with E-state index in [2.05, 4.69) is 9.24 Å². The van der Waals surface area contributed by atoms with Gasteiger partial charge >= 0.3 is 0 Å². The zero-order valence-electron chi connectivity index (χ0n) is 11.4. The average molecular weight is 290 g/mol. The standard InChI is InChI=1S/C16H16FO2P/c1-10(18)14-8-12(9-15(19-2)16(14)20)7-11-3-5-13(17)6-4-11/h3-6,8-9H,7,20H2,1-2H3. The third-order valence-corrected chi connectivity index (χ3v) is 3.72. The Morgan fingerprint density at radius 2 is 1.85 bits per heavy atom. The van der Waals surface area contributed by atoms with Crippen LogP contribution in [-0.2, 0) is 6.42 Å². The van der Waals surface area contributed by atoms with E-state index in [1.807, 2.05) is 12.1 Å². The van der Waals surface area contributed by atoms with Crippen LogP contribution in [0.4, 0.5) is 4.39 Å². The Balaban J connectivity index is 2.39. The molecule has 0 saturated carbocycles. The van der Waals surface area contributed by atoms with Crippen LogP contribution < -0.4 is 10.0 Å². The number of carbonyl (C=O) groups excluding carboxylic acids is 1. The molecule has 1 unspecified atom stereocenters. The number of rotatable bonds is 4. The molecule has 0 aliphatic heterocycles. The van der Waals surface area contributed by atoms with E-state index in [-0.39, 0.29) is 11.6 Å². The van der Waals surface area contributed by atoms with Crippen molar-refractivity contribution in [2.75, 3.05) is 7.11 Å². The number of ketones is 1. The summed E-state index contributed by atoms with van der Waals surface area (Å²) < 4.78 is 18.2. The van der Waals surface area contributed by atoms with Crippen LogP contribution in [0, 0.1) is 5.82 Å². The second-order valence-corrected chi connectivity index (χ2v) is 5.20. The highest BCUT2D eigenvalue weighted by Gasteiger charge is 2.11. The lowest BCUT2D eigenvalue weighted by atomic mass is 10.0. The Kier molecular flexibility index (Phi) is 4.51. The van der Waals surface area contributed by atoms with Crippen LogP contribution in [0.25, 0.3) is 0 Å². The van der Waals surface area contributed by atoms with Gasteiger partial charge < -0.3 is 4.74 Å². The number of methoxy groups -OCH3 is 1. The van der Waals surface area contributed by atoms with E-state index in [1.54, 1.807) is 19.2 Å². The van der Waals surface area contributed by atoms with E-state index in [1.165, 1.54) is 19.1 Å². The molecule has 0 aliphatic carbocycles. The Bertz CT molecular complexity index is 636. The molecule has 0 aliphatic rings. The van der Waals surface area contributed by atoms with Crippen molar-refractivity contribution in [2.24, 2.45) is 0 Å². The maximum atomic E-state index is 12.9. The van der Waals surface area contributed by atoms with Crippen molar-refractivity contribution in [1.82, 2.24) is 0 Å². The summed E-state index contributed by atoms with van der Waals surface area (Å²) in [5, 5.41) is 0.767. The predicted octanol–water partition coefficient (Wildman–Crippen LogP) is 3.13. The van der Waals surface area contributed by atoms with Gasteiger partial charge in [-0.2, -0.15) is 0 Å². The van der Waals surface area contributed by atoms with Gasteiger partial charge in [-0.15, -0.1) is 9.24 Å². The summed E-state index contributed by atoms with van der Waals surface area (Å²) in [5.41, 5.74) is 2.58. The van der Waals surface area contributed by atoms with Crippen LogP contribution in [0.2, 0.25) is 0 Å². The molecule has 0 fully saturated rings. The Morgan fingerprint density at radius 1 is 1.20 bits per heavy atom. The largest absolute Gasteiger partial charge is 0.496 e. The van der Waals surface area contributed by atoms with Crippen molar-refractivity contribution in [2.45, 2.75) is 13.3 Å². The van der Waals surface area contributed by atoms with Gasteiger partial charge in [0.25, 0.3) is 0 Å². The SMILES string of the molecule is COc1cc(Cc2ccc(F)cc2)cc(C(C)=O)c1P. The minimum absolute atomic E-state index is 0.00532. The summed E-state index contributed by atoms with van der Waals surface area (Å²) in [7, 11) is 4.12. The van der Waals surface area contributed by atoms with Crippen LogP contribution >= 0.6 is 9.24 Å². The second-order valence-electron chi connectivity index (χ2n) is 4.62. The summed E-state index contributed by atoms with van der Waals surface area (Å²) in [6, 6.07) is 10.1. The van der Waals surface area contributed by atoms with Crippen molar-refractivity contribution in [3.05, 3.63) is 58.9 Å². The Hall–Kier alpha value is -1.73. The molecule has 0 amide bonds. The van der Waals surface area contributed by atoms with Gasteiger partial charge in [0, 0.05) is 10.9 Å². The van der Waals surface area contributed by atoms with E-state index in [0.29, 0.717) is 17.7 Å². The first-order chi connectivity index (χ1) is 9.51. The fourth-order valence-electron chi connectivity index (χ4n) is 2.08. The van der Waals surface area contributed by atoms with Gasteiger partial charge in [-0.25, -0.2) is 4.39 Å². The first kappa shape index (κ1) is 14.7. The van der Waals surface area contributed by atoms with Crippen molar-refractivity contribution >= 4 is 20.3 Å². The molecule has 0 saturated heterocycles. The molecule has 1 atom stereocenters. The summed E-state index contributed by atoms with van der Waals surface area (Å²) in [5.74, 6) is 0.408. The minimum Gasteiger partial charge on any atom is -0.496 e. The molecule has 4 heteroatoms. The molecule has 2 nitrogen and oxygen atoms in total. The molecule has 2 aromatic carbocycles. The molecular formula is C16H16FO2P. The minimum atomic E-state index is -0.254. The number of benzene rings is 2. The van der Waals surface area contributed by atoms with Crippen molar-refractivity contribution in [1.29, 1.82) is 0 Å². The third kappa shape index (κ3) is 3.23. The molecular weight excluding hydrogens is 274 g/mol. The van der Waals surface area contributed by atoms with Crippen LogP contribution in [-0.4, -0.2) is 12.9 Å². The van der Waals surface area contributed by atoms with Gasteiger partial charge in [0.1, 0.15) is 11.6 Å². The summed E-state index contributed by atoms with van der Waals surface area (Å²) in [6.07, 6.45) is 0.627. The van der Waals surface area contributed by atoms with Crippen LogP contribution in [0.15, 0.2) is 36.4 Å². The number of hydrogen-bond acceptors (Lipinski definition) is 2. The van der Waals surface area contributed by atoms with E-state index >= 15 is 0 Å². The molecule has 0 heterocycles. The van der Waals surface area contributed by atoms with Gasteiger partial charge in [0.05, 0.1) is 7.11 Å². The maximum Gasteiger partial charge on any atom is 0.160 e. The van der Waals surface area contributed by atoms with E-state index in [0.717, 1.165) is 16.4 Å². The highest BCUT2D eigenvalue weighted by molar-refractivity contribution is 7.28. The molecule has 20 heavy (non-hydrogen) atoms. The molecule has 0 N–H and O–H groups in total. The quantitative estimate of drug-likeness (QED) is 0.639. The van der Waals surface area contributed by atoms with Crippen LogP contribution in [0.1, 0.15) is 28.4 Å². The number of halogens is 1. The van der Waals surface area contributed by atoms with Gasteiger partial charge in [-0.3, -0.25) is 4.79 Å². The van der Waals surface area contributed by atoms with Crippen molar-refractivity contribution in [3.63, 3.8) is 0 Å². The lowest BCUT2D eigenvalue weighted by molar-refractivity contribution is 0.101. The van der Waals surface area contributed by atoms with Gasteiger partial charge in [-0.1, -0.05) is 12.1 Å². The highest BCUT2D eigenvalue weighted by Crippen LogP contribution is 2.20. The number of ether oxygens (including phenoxy) is 1. The molecule has 0 radical (unpaired) electrons. The lowest BCUT2D eigenvalue weighted by Crippen LogP contribution is -2.11. The van der Waals surface area contributed by atoms with Crippen molar-refractivity contribution < 1.29 is 13.9 Å². The van der Waals surface area contributed by atoms with E-state index < -0.39 is 0 Å². The summed E-state index contributed by atoms with van der Waals surface area (Å²) >= 11 is 0. The maximum absolute atomic E-state index is 12.9. The smallest absolute Gasteiger partial charge is 0.160 e. The number of hydrogen-bond donors (Lipinski definition) is 0. The zero-order chi connectivity index (χ0) is 14.7. The first-order valence-electron chi connectivity index (χ1n) is 6.23. The summed E-state index contributed by atoms with van der Waals surface area (Å²) in [6.45, 7) is 1.53. The molecule has 104 valence electrons. The summed E-state index contributed by atoms with van der Waals surface area (Å²) in [4.78, 5) is 11.7. The third-order valence-electron chi connectivity index (χ3n) is 3.12. The van der Waals surface area contributed by atoms with Gasteiger partial charge in [0.2, 0.25) is 0 Å². The van der Waals surface area contributed by atoms with Crippen LogP contribution in [0.3, 0.4) is 0 Å². The van der Waals surface area contributed by atoms with E-state index in [4.69, 9.17) is 4.74 Å². The fraction of sp³-hybridized carbons (Fsp3) is 0.188. The predicted molar refractivity (Wildman–Crippen MR) is 81.5 cm³/mol. The zero-order valence-corrected chi connectivity index (χ0v) is 12.6. The first-order valence-corrected chi connectivity index (χ1v) is 6.80. The van der Waals surface area contributed by atoms with E-state index in [9.17, 15) is 9.18 Å². The van der Waals surface area contributed by atoms with Crippen LogP contribution in [0.5, 0.6) is 5.75 Å². The molecule has 2 rings (SSSR count). The molecule has 0 spiro atoms. The number of Topliss-reactive ketones (excluding diaryl/α,β-unsaturated/α-hetero) is 1. The number of carbonyl (C=O) groups is 1. The topological polar surface area (TPSA) is 26.3 Å². The molecule has 0 aromatic heterocycles. The average Bonchev–Trinajstić information content (AvgIpc) is 2.42. The van der Waals surface area contributed by atoms with Gasteiger partial charge in [0.15, 0.2) is 5.78 Å².